The second-order valence-corrected chi connectivity index (χ2v) is 8.86. The highest BCUT2D eigenvalue weighted by Crippen LogP contribution is 2.21. The van der Waals surface area contributed by atoms with Crippen LogP contribution >= 0.6 is 27.3 Å². The fourth-order valence-electron chi connectivity index (χ4n) is 1.48. The number of hydrogen-bond acceptors (Lipinski definition) is 4. The SMILES string of the molecule is CC(C)(CNCc1ccc(Br)s1)NS(C)(=O)=O. The summed E-state index contributed by atoms with van der Waals surface area (Å²) in [6.07, 6.45) is 1.17. The van der Waals surface area contributed by atoms with Gasteiger partial charge < -0.3 is 5.32 Å². The molecule has 0 aliphatic rings. The van der Waals surface area contributed by atoms with E-state index in [0.717, 1.165) is 10.3 Å². The summed E-state index contributed by atoms with van der Waals surface area (Å²) < 4.78 is 26.0. The Morgan fingerprint density at radius 2 is 2.06 bits per heavy atom. The molecule has 98 valence electrons. The zero-order valence-electron chi connectivity index (χ0n) is 10.1. The normalized spacial score (nSPS) is 12.9. The van der Waals surface area contributed by atoms with E-state index >= 15 is 0 Å². The van der Waals surface area contributed by atoms with E-state index in [2.05, 4.69) is 26.0 Å². The number of rotatable bonds is 6. The van der Waals surface area contributed by atoms with E-state index in [1.165, 1.54) is 11.1 Å². The van der Waals surface area contributed by atoms with Gasteiger partial charge >= 0.3 is 0 Å². The van der Waals surface area contributed by atoms with E-state index in [9.17, 15) is 8.42 Å². The van der Waals surface area contributed by atoms with Crippen molar-refractivity contribution in [3.8, 4) is 0 Å². The lowest BCUT2D eigenvalue weighted by molar-refractivity contribution is 0.422. The van der Waals surface area contributed by atoms with E-state index in [1.807, 2.05) is 26.0 Å². The third kappa shape index (κ3) is 6.52. The van der Waals surface area contributed by atoms with E-state index in [1.54, 1.807) is 11.3 Å². The molecule has 0 fully saturated rings. The summed E-state index contributed by atoms with van der Waals surface area (Å²) in [6, 6.07) is 4.04. The van der Waals surface area contributed by atoms with Gasteiger partial charge in [0.05, 0.1) is 10.0 Å². The second kappa shape index (κ2) is 5.79. The molecule has 0 saturated carbocycles. The Morgan fingerprint density at radius 3 is 2.53 bits per heavy atom. The summed E-state index contributed by atoms with van der Waals surface area (Å²) in [4.78, 5) is 1.21. The Hall–Kier alpha value is 0.0500. The number of sulfonamides is 1. The third-order valence-electron chi connectivity index (χ3n) is 1.96. The average molecular weight is 341 g/mol. The largest absolute Gasteiger partial charge is 0.310 e. The summed E-state index contributed by atoms with van der Waals surface area (Å²) >= 11 is 5.07. The van der Waals surface area contributed by atoms with Crippen LogP contribution in [0.4, 0.5) is 0 Å². The van der Waals surface area contributed by atoms with Crippen molar-refractivity contribution in [3.63, 3.8) is 0 Å². The summed E-state index contributed by atoms with van der Waals surface area (Å²) in [7, 11) is -3.17. The summed E-state index contributed by atoms with van der Waals surface area (Å²) in [5.74, 6) is 0. The van der Waals surface area contributed by atoms with Crippen LogP contribution in [0.25, 0.3) is 0 Å². The highest BCUT2D eigenvalue weighted by Gasteiger charge is 2.21. The second-order valence-electron chi connectivity index (χ2n) is 4.57. The Bertz CT molecular complexity index is 468. The van der Waals surface area contributed by atoms with Crippen molar-refractivity contribution in [2.75, 3.05) is 12.8 Å². The molecule has 0 aliphatic carbocycles. The summed E-state index contributed by atoms with van der Waals surface area (Å²) in [5.41, 5.74) is -0.484. The van der Waals surface area contributed by atoms with E-state index in [-0.39, 0.29) is 0 Å². The quantitative estimate of drug-likeness (QED) is 0.831. The molecule has 17 heavy (non-hydrogen) atoms. The Balaban J connectivity index is 2.40. The molecule has 0 unspecified atom stereocenters. The number of nitrogens with one attached hydrogen (secondary N) is 2. The zero-order valence-corrected chi connectivity index (χ0v) is 13.3. The van der Waals surface area contributed by atoms with Gasteiger partial charge in [-0.3, -0.25) is 0 Å². The van der Waals surface area contributed by atoms with Gasteiger partial charge in [0.1, 0.15) is 0 Å². The van der Waals surface area contributed by atoms with Crippen molar-refractivity contribution >= 4 is 37.3 Å². The highest BCUT2D eigenvalue weighted by atomic mass is 79.9. The molecule has 7 heteroatoms. The van der Waals surface area contributed by atoms with Crippen LogP contribution in [-0.4, -0.2) is 26.8 Å². The summed E-state index contributed by atoms with van der Waals surface area (Å²) in [6.45, 7) is 5.03. The third-order valence-corrected chi connectivity index (χ3v) is 4.50. The molecule has 1 heterocycles. The van der Waals surface area contributed by atoms with Crippen LogP contribution in [0.5, 0.6) is 0 Å². The van der Waals surface area contributed by atoms with Gasteiger partial charge in [-0.2, -0.15) is 0 Å². The predicted molar refractivity (Wildman–Crippen MR) is 75.8 cm³/mol. The maximum atomic E-state index is 11.1. The topological polar surface area (TPSA) is 58.2 Å². The summed E-state index contributed by atoms with van der Waals surface area (Å²) in [5, 5.41) is 3.24. The molecule has 0 spiro atoms. The van der Waals surface area contributed by atoms with Crippen molar-refractivity contribution in [2.24, 2.45) is 0 Å². The van der Waals surface area contributed by atoms with Crippen LogP contribution < -0.4 is 10.0 Å². The van der Waals surface area contributed by atoms with Crippen molar-refractivity contribution in [3.05, 3.63) is 20.8 Å². The minimum Gasteiger partial charge on any atom is -0.310 e. The van der Waals surface area contributed by atoms with E-state index in [4.69, 9.17) is 0 Å². The highest BCUT2D eigenvalue weighted by molar-refractivity contribution is 9.11. The van der Waals surface area contributed by atoms with Gasteiger partial charge in [0.25, 0.3) is 0 Å². The molecule has 1 rings (SSSR count). The smallest absolute Gasteiger partial charge is 0.209 e. The molecule has 0 amide bonds. The first-order chi connectivity index (χ1) is 7.68. The van der Waals surface area contributed by atoms with Crippen molar-refractivity contribution in [1.29, 1.82) is 0 Å². The molecule has 0 radical (unpaired) electrons. The molecule has 0 saturated heterocycles. The van der Waals surface area contributed by atoms with Crippen LogP contribution in [0.2, 0.25) is 0 Å². The molecule has 0 aromatic carbocycles. The molecule has 1 aromatic rings. The van der Waals surface area contributed by atoms with Crippen molar-refractivity contribution in [2.45, 2.75) is 25.9 Å². The Kier molecular flexibility index (Phi) is 5.15. The zero-order chi connectivity index (χ0) is 13.1. The van der Waals surface area contributed by atoms with E-state index in [0.29, 0.717) is 6.54 Å². The molecule has 0 bridgehead atoms. The van der Waals surface area contributed by atoms with Crippen LogP contribution in [-0.2, 0) is 16.6 Å². The van der Waals surface area contributed by atoms with Crippen LogP contribution in [0, 0.1) is 0 Å². The number of thiophene rings is 1. The standard InChI is InChI=1S/C10H17BrN2O2S2/c1-10(2,13-17(3,14)15)7-12-6-8-4-5-9(11)16-8/h4-5,12-13H,6-7H2,1-3H3. The lowest BCUT2D eigenvalue weighted by Gasteiger charge is -2.25. The van der Waals surface area contributed by atoms with Gasteiger partial charge in [0.15, 0.2) is 0 Å². The molecule has 4 nitrogen and oxygen atoms in total. The maximum Gasteiger partial charge on any atom is 0.209 e. The van der Waals surface area contributed by atoms with Gasteiger partial charge in [-0.15, -0.1) is 11.3 Å². The maximum absolute atomic E-state index is 11.1. The number of hydrogen-bond donors (Lipinski definition) is 2. The van der Waals surface area contributed by atoms with Crippen LogP contribution in [0.15, 0.2) is 15.9 Å². The van der Waals surface area contributed by atoms with Crippen LogP contribution in [0.1, 0.15) is 18.7 Å². The van der Waals surface area contributed by atoms with E-state index < -0.39 is 15.6 Å². The lowest BCUT2D eigenvalue weighted by atomic mass is 10.1. The minimum atomic E-state index is -3.17. The molecule has 1 aromatic heterocycles. The van der Waals surface area contributed by atoms with Crippen LogP contribution in [0.3, 0.4) is 0 Å². The molecular formula is C10H17BrN2O2S2. The van der Waals surface area contributed by atoms with Gasteiger partial charge in [-0.05, 0) is 41.9 Å². The molecule has 0 atom stereocenters. The fourth-order valence-corrected chi connectivity index (χ4v) is 4.01. The molecular weight excluding hydrogens is 324 g/mol. The minimum absolute atomic E-state index is 0.484. The number of halogens is 1. The first kappa shape index (κ1) is 15.1. The van der Waals surface area contributed by atoms with Gasteiger partial charge in [0.2, 0.25) is 10.0 Å². The fraction of sp³-hybridized carbons (Fsp3) is 0.600. The first-order valence-electron chi connectivity index (χ1n) is 5.12. The van der Waals surface area contributed by atoms with Gasteiger partial charge in [0, 0.05) is 23.5 Å². The van der Waals surface area contributed by atoms with Crippen molar-refractivity contribution in [1.82, 2.24) is 10.0 Å². The Morgan fingerprint density at radius 1 is 1.41 bits per heavy atom. The monoisotopic (exact) mass is 340 g/mol. The average Bonchev–Trinajstić information content (AvgIpc) is 2.46. The lowest BCUT2D eigenvalue weighted by Crippen LogP contribution is -2.49. The van der Waals surface area contributed by atoms with Gasteiger partial charge in [-0.1, -0.05) is 0 Å². The van der Waals surface area contributed by atoms with Crippen molar-refractivity contribution < 1.29 is 8.42 Å². The molecule has 0 aliphatic heterocycles. The predicted octanol–water partition coefficient (Wildman–Crippen LogP) is 1.93. The van der Waals surface area contributed by atoms with Gasteiger partial charge in [-0.25, -0.2) is 13.1 Å². The Labute approximate surface area is 115 Å². The molecule has 2 N–H and O–H groups in total. The first-order valence-corrected chi connectivity index (χ1v) is 8.62.